The van der Waals surface area contributed by atoms with E-state index < -0.39 is 11.5 Å². The van der Waals surface area contributed by atoms with Crippen LogP contribution in [0, 0.1) is 5.92 Å². The summed E-state index contributed by atoms with van der Waals surface area (Å²) in [4.78, 5) is 26.9. The lowest BCUT2D eigenvalue weighted by Crippen LogP contribution is -2.47. The van der Waals surface area contributed by atoms with Crippen molar-refractivity contribution >= 4 is 12.1 Å². The molecule has 1 amide bonds. The van der Waals surface area contributed by atoms with Gasteiger partial charge in [-0.25, -0.2) is 4.79 Å². The van der Waals surface area contributed by atoms with Gasteiger partial charge in [0.25, 0.3) is 0 Å². The van der Waals surface area contributed by atoms with Gasteiger partial charge in [0.05, 0.1) is 12.5 Å². The molecule has 2 atom stereocenters. The number of benzene rings is 2. The maximum absolute atomic E-state index is 12.7. The Bertz CT molecular complexity index is 855. The van der Waals surface area contributed by atoms with Gasteiger partial charge in [0.15, 0.2) is 0 Å². The van der Waals surface area contributed by atoms with Crippen molar-refractivity contribution in [1.82, 2.24) is 4.90 Å². The van der Waals surface area contributed by atoms with Crippen molar-refractivity contribution in [2.24, 2.45) is 5.92 Å². The Labute approximate surface area is 179 Å². The maximum atomic E-state index is 12.7. The number of hydrogen-bond donors (Lipinski definition) is 0. The van der Waals surface area contributed by atoms with Crippen LogP contribution in [0.5, 0.6) is 0 Å². The second kappa shape index (κ2) is 9.33. The van der Waals surface area contributed by atoms with E-state index in [0.717, 1.165) is 16.7 Å². The minimum absolute atomic E-state index is 0.00700. The zero-order chi connectivity index (χ0) is 21.7. The van der Waals surface area contributed by atoms with Crippen LogP contribution >= 0.6 is 0 Å². The molecule has 0 saturated carbocycles. The molecule has 2 aromatic carbocycles. The highest BCUT2D eigenvalue weighted by molar-refractivity contribution is 5.76. The third kappa shape index (κ3) is 5.41. The zero-order valence-corrected chi connectivity index (χ0v) is 18.3. The van der Waals surface area contributed by atoms with Gasteiger partial charge in [-0.1, -0.05) is 54.6 Å². The van der Waals surface area contributed by atoms with Crippen LogP contribution in [-0.2, 0) is 14.3 Å². The standard InChI is InChI=1S/C25H31NO4/c1-5-29-23(27)22-17-26(24(28)30-25(2,3)4)16-15-21(22)20-13-11-19(12-14-20)18-9-7-6-8-10-18/h6-14,21-22H,5,15-17H2,1-4H3/t21-,22+/m0/s1. The first-order valence-electron chi connectivity index (χ1n) is 10.6. The fraction of sp³-hybridized carbons (Fsp3) is 0.440. The molecule has 3 rings (SSSR count). The van der Waals surface area contributed by atoms with Crippen molar-refractivity contribution in [3.8, 4) is 11.1 Å². The van der Waals surface area contributed by atoms with E-state index in [1.54, 1.807) is 11.8 Å². The van der Waals surface area contributed by atoms with E-state index in [2.05, 4.69) is 36.4 Å². The van der Waals surface area contributed by atoms with E-state index in [4.69, 9.17) is 9.47 Å². The molecule has 0 radical (unpaired) electrons. The third-order valence-corrected chi connectivity index (χ3v) is 5.30. The second-order valence-electron chi connectivity index (χ2n) is 8.67. The SMILES string of the molecule is CCOC(=O)[C@@H]1CN(C(=O)OC(C)(C)C)CC[C@H]1c1ccc(-c2ccccc2)cc1. The van der Waals surface area contributed by atoms with Crippen molar-refractivity contribution in [2.75, 3.05) is 19.7 Å². The molecule has 0 aliphatic carbocycles. The lowest BCUT2D eigenvalue weighted by Gasteiger charge is -2.38. The second-order valence-corrected chi connectivity index (χ2v) is 8.67. The first-order chi connectivity index (χ1) is 14.3. The number of hydrogen-bond acceptors (Lipinski definition) is 4. The number of piperidine rings is 1. The van der Waals surface area contributed by atoms with Crippen LogP contribution < -0.4 is 0 Å². The molecular weight excluding hydrogens is 378 g/mol. The molecule has 1 saturated heterocycles. The first-order valence-corrected chi connectivity index (χ1v) is 10.6. The molecule has 160 valence electrons. The fourth-order valence-corrected chi connectivity index (χ4v) is 3.88. The molecule has 30 heavy (non-hydrogen) atoms. The number of nitrogens with zero attached hydrogens (tertiary/aromatic N) is 1. The van der Waals surface area contributed by atoms with Gasteiger partial charge < -0.3 is 14.4 Å². The molecular formula is C25H31NO4. The van der Waals surface area contributed by atoms with Crippen molar-refractivity contribution < 1.29 is 19.1 Å². The Kier molecular flexibility index (Phi) is 6.80. The molecule has 0 unspecified atom stereocenters. The summed E-state index contributed by atoms with van der Waals surface area (Å²) in [5, 5.41) is 0. The first kappa shape index (κ1) is 21.9. The van der Waals surface area contributed by atoms with E-state index in [1.165, 1.54) is 0 Å². The fourth-order valence-electron chi connectivity index (χ4n) is 3.88. The number of ether oxygens (including phenoxy) is 2. The van der Waals surface area contributed by atoms with E-state index in [0.29, 0.717) is 26.1 Å². The molecule has 1 aliphatic rings. The van der Waals surface area contributed by atoms with Gasteiger partial charge in [-0.2, -0.15) is 0 Å². The molecule has 0 N–H and O–H groups in total. The lowest BCUT2D eigenvalue weighted by molar-refractivity contribution is -0.150. The number of rotatable bonds is 4. The van der Waals surface area contributed by atoms with Crippen molar-refractivity contribution in [3.63, 3.8) is 0 Å². The van der Waals surface area contributed by atoms with Gasteiger partial charge in [0.1, 0.15) is 5.60 Å². The lowest BCUT2D eigenvalue weighted by atomic mass is 9.80. The van der Waals surface area contributed by atoms with Crippen molar-refractivity contribution in [3.05, 3.63) is 60.2 Å². The Hall–Kier alpha value is -2.82. The number of esters is 1. The molecule has 5 heteroatoms. The molecule has 0 spiro atoms. The Morgan fingerprint density at radius 3 is 2.23 bits per heavy atom. The van der Waals surface area contributed by atoms with Crippen LogP contribution in [0.25, 0.3) is 11.1 Å². The average molecular weight is 410 g/mol. The number of carbonyl (C=O) groups excluding carboxylic acids is 2. The molecule has 1 aliphatic heterocycles. The Morgan fingerprint density at radius 2 is 1.63 bits per heavy atom. The van der Waals surface area contributed by atoms with Crippen molar-refractivity contribution in [2.45, 2.75) is 45.6 Å². The van der Waals surface area contributed by atoms with Crippen LogP contribution in [0.4, 0.5) is 4.79 Å². The predicted octanol–water partition coefficient (Wildman–Crippen LogP) is 5.26. The van der Waals surface area contributed by atoms with E-state index in [-0.39, 0.29) is 18.0 Å². The summed E-state index contributed by atoms with van der Waals surface area (Å²) >= 11 is 0. The molecule has 1 fully saturated rings. The zero-order valence-electron chi connectivity index (χ0n) is 18.3. The number of carbonyl (C=O) groups is 2. The third-order valence-electron chi connectivity index (χ3n) is 5.30. The van der Waals surface area contributed by atoms with Gasteiger partial charge in [-0.3, -0.25) is 4.79 Å². The van der Waals surface area contributed by atoms with E-state index >= 15 is 0 Å². The summed E-state index contributed by atoms with van der Waals surface area (Å²) in [5.74, 6) is -0.663. The normalized spacial score (nSPS) is 19.3. The summed E-state index contributed by atoms with van der Waals surface area (Å²) in [7, 11) is 0. The largest absolute Gasteiger partial charge is 0.466 e. The topological polar surface area (TPSA) is 55.8 Å². The van der Waals surface area contributed by atoms with E-state index in [1.807, 2.05) is 39.0 Å². The minimum Gasteiger partial charge on any atom is -0.466 e. The number of amides is 1. The number of likely N-dealkylation sites (tertiary alicyclic amines) is 1. The van der Waals surface area contributed by atoms with Gasteiger partial charge in [0.2, 0.25) is 0 Å². The highest BCUT2D eigenvalue weighted by Gasteiger charge is 2.39. The minimum atomic E-state index is -0.569. The van der Waals surface area contributed by atoms with Gasteiger partial charge in [0, 0.05) is 19.0 Å². The van der Waals surface area contributed by atoms with Crippen LogP contribution in [0.2, 0.25) is 0 Å². The van der Waals surface area contributed by atoms with Gasteiger partial charge >= 0.3 is 12.1 Å². The Morgan fingerprint density at radius 1 is 1.00 bits per heavy atom. The van der Waals surface area contributed by atoms with Crippen molar-refractivity contribution in [1.29, 1.82) is 0 Å². The molecule has 0 bridgehead atoms. The maximum Gasteiger partial charge on any atom is 0.410 e. The highest BCUT2D eigenvalue weighted by atomic mass is 16.6. The molecule has 2 aromatic rings. The van der Waals surface area contributed by atoms with Crippen LogP contribution in [0.1, 0.15) is 45.6 Å². The van der Waals surface area contributed by atoms with Gasteiger partial charge in [-0.05, 0) is 50.8 Å². The van der Waals surface area contributed by atoms with E-state index in [9.17, 15) is 9.59 Å². The monoisotopic (exact) mass is 409 g/mol. The molecule has 1 heterocycles. The quantitative estimate of drug-likeness (QED) is 0.647. The summed E-state index contributed by atoms with van der Waals surface area (Å²) in [6, 6.07) is 18.6. The summed E-state index contributed by atoms with van der Waals surface area (Å²) in [5.41, 5.74) is 2.82. The molecule has 0 aromatic heterocycles. The summed E-state index contributed by atoms with van der Waals surface area (Å²) < 4.78 is 10.8. The smallest absolute Gasteiger partial charge is 0.410 e. The molecule has 5 nitrogen and oxygen atoms in total. The van der Waals surface area contributed by atoms with Crippen LogP contribution in [0.15, 0.2) is 54.6 Å². The summed E-state index contributed by atoms with van der Waals surface area (Å²) in [6.45, 7) is 8.50. The highest BCUT2D eigenvalue weighted by Crippen LogP contribution is 2.35. The summed E-state index contributed by atoms with van der Waals surface area (Å²) in [6.07, 6.45) is 0.308. The predicted molar refractivity (Wildman–Crippen MR) is 117 cm³/mol. The van der Waals surface area contributed by atoms with Gasteiger partial charge in [-0.15, -0.1) is 0 Å². The average Bonchev–Trinajstić information content (AvgIpc) is 2.73. The van der Waals surface area contributed by atoms with Crippen LogP contribution in [0.3, 0.4) is 0 Å². The van der Waals surface area contributed by atoms with Crippen LogP contribution in [-0.4, -0.2) is 42.3 Å². The Balaban J connectivity index is 1.79.